The van der Waals surface area contributed by atoms with Crippen LogP contribution in [0.15, 0.2) is 53.7 Å². The molecule has 2 rings (SSSR count). The lowest BCUT2D eigenvalue weighted by atomic mass is 10.1. The predicted octanol–water partition coefficient (Wildman–Crippen LogP) is 4.79. The third-order valence-electron chi connectivity index (χ3n) is 2.64. The first kappa shape index (κ1) is 15.4. The molecule has 0 aliphatic heterocycles. The topological polar surface area (TPSA) is 21.6 Å². The van der Waals surface area contributed by atoms with Gasteiger partial charge in [0.05, 0.1) is 5.56 Å². The lowest BCUT2D eigenvalue weighted by Gasteiger charge is -2.08. The molecule has 0 fully saturated rings. The second kappa shape index (κ2) is 6.63. The van der Waals surface area contributed by atoms with E-state index in [1.807, 2.05) is 0 Å². The van der Waals surface area contributed by atoms with Gasteiger partial charge in [0.1, 0.15) is 12.8 Å². The van der Waals surface area contributed by atoms with Gasteiger partial charge in [0, 0.05) is 16.1 Å². The fraction of sp³-hybridized carbons (Fsp3) is 0.133. The van der Waals surface area contributed by atoms with Gasteiger partial charge >= 0.3 is 6.18 Å². The molecule has 6 heteroatoms. The molecule has 0 atom stereocenters. The van der Waals surface area contributed by atoms with Crippen LogP contribution >= 0.6 is 11.6 Å². The van der Waals surface area contributed by atoms with Crippen LogP contribution < -0.4 is 0 Å². The van der Waals surface area contributed by atoms with Gasteiger partial charge in [-0.2, -0.15) is 13.2 Å². The summed E-state index contributed by atoms with van der Waals surface area (Å²) in [4.78, 5) is 4.93. The molecule has 0 N–H and O–H groups in total. The zero-order valence-electron chi connectivity index (χ0n) is 10.7. The summed E-state index contributed by atoms with van der Waals surface area (Å²) in [7, 11) is 0. The highest BCUT2D eigenvalue weighted by Crippen LogP contribution is 2.31. The van der Waals surface area contributed by atoms with E-state index in [-0.39, 0.29) is 12.2 Å². The standard InChI is InChI=1S/C15H10ClF3NO/c16-14-8-4-2-6-12(14)10-21-20-9-11-5-1-3-7-13(11)15(17,18)19/h1-8H,10H2. The molecule has 0 amide bonds. The highest BCUT2D eigenvalue weighted by molar-refractivity contribution is 6.31. The Kier molecular flexibility index (Phi) is 4.85. The van der Waals surface area contributed by atoms with Gasteiger partial charge < -0.3 is 4.84 Å². The third-order valence-corrected chi connectivity index (χ3v) is 3.01. The number of hydrogen-bond acceptors (Lipinski definition) is 2. The molecule has 0 saturated carbocycles. The van der Waals surface area contributed by atoms with Crippen LogP contribution in [0.4, 0.5) is 13.2 Å². The molecular formula is C15H10ClF3NO. The van der Waals surface area contributed by atoms with Crippen LogP contribution in [0.1, 0.15) is 16.7 Å². The number of hydrogen-bond donors (Lipinski definition) is 0. The molecular weight excluding hydrogens is 303 g/mol. The largest absolute Gasteiger partial charge is 0.417 e. The Hall–Kier alpha value is -2.01. The molecule has 0 spiro atoms. The van der Waals surface area contributed by atoms with Gasteiger partial charge in [0.2, 0.25) is 0 Å². The van der Waals surface area contributed by atoms with E-state index in [9.17, 15) is 13.2 Å². The fourth-order valence-corrected chi connectivity index (χ4v) is 1.82. The number of alkyl halides is 3. The van der Waals surface area contributed by atoms with Crippen molar-refractivity contribution in [2.24, 2.45) is 5.16 Å². The van der Waals surface area contributed by atoms with Crippen LogP contribution in [0.3, 0.4) is 0 Å². The van der Waals surface area contributed by atoms with Crippen molar-refractivity contribution in [1.82, 2.24) is 0 Å². The molecule has 1 radical (unpaired) electrons. The molecule has 2 aromatic carbocycles. The molecule has 0 heterocycles. The van der Waals surface area contributed by atoms with Crippen LogP contribution in [0.25, 0.3) is 0 Å². The van der Waals surface area contributed by atoms with E-state index < -0.39 is 11.7 Å². The van der Waals surface area contributed by atoms with E-state index in [2.05, 4.69) is 11.4 Å². The Morgan fingerprint density at radius 3 is 2.43 bits per heavy atom. The molecule has 0 aliphatic carbocycles. The molecule has 0 saturated heterocycles. The number of benzene rings is 2. The first-order valence-electron chi connectivity index (χ1n) is 5.96. The molecule has 0 unspecified atom stereocenters. The number of nitrogens with zero attached hydrogens (tertiary/aromatic N) is 1. The van der Waals surface area contributed by atoms with Crippen LogP contribution in [0, 0.1) is 0 Å². The van der Waals surface area contributed by atoms with E-state index in [0.717, 1.165) is 6.07 Å². The monoisotopic (exact) mass is 312 g/mol. The van der Waals surface area contributed by atoms with Gasteiger partial charge in [-0.15, -0.1) is 0 Å². The van der Waals surface area contributed by atoms with Gasteiger partial charge in [-0.1, -0.05) is 53.2 Å². The number of rotatable bonds is 4. The maximum Gasteiger partial charge on any atom is 0.417 e. The molecule has 109 valence electrons. The van der Waals surface area contributed by atoms with E-state index in [1.54, 1.807) is 24.3 Å². The van der Waals surface area contributed by atoms with Crippen molar-refractivity contribution in [3.63, 3.8) is 0 Å². The Balaban J connectivity index is 2.04. The van der Waals surface area contributed by atoms with Crippen molar-refractivity contribution in [3.8, 4) is 0 Å². The minimum absolute atomic E-state index is 0.0564. The SMILES string of the molecule is FC(F)(F)c1ccccc1/[C]=N\OCc1ccccc1Cl. The summed E-state index contributed by atoms with van der Waals surface area (Å²) in [5.74, 6) is 0. The quantitative estimate of drug-likeness (QED) is 0.588. The van der Waals surface area contributed by atoms with Crippen molar-refractivity contribution >= 4 is 17.8 Å². The van der Waals surface area contributed by atoms with Crippen molar-refractivity contribution < 1.29 is 18.0 Å². The van der Waals surface area contributed by atoms with Crippen molar-refractivity contribution in [1.29, 1.82) is 0 Å². The van der Waals surface area contributed by atoms with Crippen LogP contribution in [-0.2, 0) is 17.6 Å². The second-order valence-corrected chi connectivity index (χ2v) is 4.52. The summed E-state index contributed by atoms with van der Waals surface area (Å²) in [5.41, 5.74) is -0.298. The van der Waals surface area contributed by atoms with Gasteiger partial charge in [0.15, 0.2) is 0 Å². The fourth-order valence-electron chi connectivity index (χ4n) is 1.63. The molecule has 0 bridgehead atoms. The number of halogens is 4. The van der Waals surface area contributed by atoms with Gasteiger partial charge in [-0.05, 0) is 12.1 Å². The zero-order chi connectivity index (χ0) is 15.3. The first-order chi connectivity index (χ1) is 9.98. The van der Waals surface area contributed by atoms with E-state index in [0.29, 0.717) is 10.6 Å². The normalized spacial score (nSPS) is 11.8. The molecule has 0 aliphatic rings. The molecule has 2 nitrogen and oxygen atoms in total. The molecule has 2 aromatic rings. The van der Waals surface area contributed by atoms with Crippen molar-refractivity contribution in [2.75, 3.05) is 0 Å². The average molecular weight is 313 g/mol. The minimum atomic E-state index is -4.46. The van der Waals surface area contributed by atoms with Gasteiger partial charge in [0.25, 0.3) is 0 Å². The van der Waals surface area contributed by atoms with Crippen LogP contribution in [-0.4, -0.2) is 6.21 Å². The summed E-state index contributed by atoms with van der Waals surface area (Å²) in [6, 6.07) is 12.0. The minimum Gasteiger partial charge on any atom is -0.390 e. The smallest absolute Gasteiger partial charge is 0.390 e. The predicted molar refractivity (Wildman–Crippen MR) is 74.2 cm³/mol. The van der Waals surface area contributed by atoms with E-state index in [1.165, 1.54) is 18.2 Å². The summed E-state index contributed by atoms with van der Waals surface area (Å²) >= 11 is 5.91. The third kappa shape index (κ3) is 4.23. The Morgan fingerprint density at radius 2 is 1.71 bits per heavy atom. The lowest BCUT2D eigenvalue weighted by molar-refractivity contribution is -0.137. The summed E-state index contributed by atoms with van der Waals surface area (Å²) in [6.07, 6.45) is -2.21. The maximum atomic E-state index is 12.7. The van der Waals surface area contributed by atoms with Gasteiger partial charge in [-0.25, -0.2) is 0 Å². The average Bonchev–Trinajstić information content (AvgIpc) is 2.45. The van der Waals surface area contributed by atoms with Crippen LogP contribution in [0.5, 0.6) is 0 Å². The Morgan fingerprint density at radius 1 is 1.05 bits per heavy atom. The second-order valence-electron chi connectivity index (χ2n) is 4.11. The van der Waals surface area contributed by atoms with Crippen molar-refractivity contribution in [3.05, 3.63) is 70.2 Å². The van der Waals surface area contributed by atoms with Crippen LogP contribution in [0.2, 0.25) is 5.02 Å². The summed E-state index contributed by atoms with van der Waals surface area (Å²) < 4.78 is 38.2. The maximum absolute atomic E-state index is 12.7. The van der Waals surface area contributed by atoms with Gasteiger partial charge in [-0.3, -0.25) is 0 Å². The van der Waals surface area contributed by atoms with E-state index in [4.69, 9.17) is 16.4 Å². The highest BCUT2D eigenvalue weighted by atomic mass is 35.5. The van der Waals surface area contributed by atoms with Crippen molar-refractivity contribution in [2.45, 2.75) is 12.8 Å². The van der Waals surface area contributed by atoms with E-state index >= 15 is 0 Å². The lowest BCUT2D eigenvalue weighted by Crippen LogP contribution is -2.08. The zero-order valence-corrected chi connectivity index (χ0v) is 11.4. The Labute approximate surface area is 124 Å². The summed E-state index contributed by atoms with van der Waals surface area (Å²) in [6.45, 7) is 0.0564. The Bertz CT molecular complexity index is 641. The summed E-state index contributed by atoms with van der Waals surface area (Å²) in [5, 5.41) is 3.95. The first-order valence-corrected chi connectivity index (χ1v) is 6.34. The molecule has 21 heavy (non-hydrogen) atoms. The molecule has 0 aromatic heterocycles. The highest BCUT2D eigenvalue weighted by Gasteiger charge is 2.32.